The van der Waals surface area contributed by atoms with Crippen LogP contribution in [0.4, 0.5) is 0 Å². The monoisotopic (exact) mass is 177 g/mol. The van der Waals surface area contributed by atoms with Crippen molar-refractivity contribution in [2.75, 3.05) is 0 Å². The molecule has 0 heterocycles. The molecule has 0 unspecified atom stereocenters. The summed E-state index contributed by atoms with van der Waals surface area (Å²) in [5.41, 5.74) is 4.90. The van der Waals surface area contributed by atoms with E-state index in [0.29, 0.717) is 0 Å². The van der Waals surface area contributed by atoms with Crippen LogP contribution in [0.3, 0.4) is 0 Å². The molecule has 0 saturated carbocycles. The van der Waals surface area contributed by atoms with Crippen molar-refractivity contribution in [2.45, 2.75) is 38.9 Å². The van der Waals surface area contributed by atoms with Crippen molar-refractivity contribution < 1.29 is 0 Å². The van der Waals surface area contributed by atoms with Crippen LogP contribution in [0.25, 0.3) is 0 Å². The van der Waals surface area contributed by atoms with Gasteiger partial charge in [-0.05, 0) is 19.3 Å². The summed E-state index contributed by atoms with van der Waals surface area (Å²) in [5.74, 6) is 3.29. The quantitative estimate of drug-likeness (QED) is 0.328. The van der Waals surface area contributed by atoms with Crippen LogP contribution in [0, 0.1) is 17.9 Å². The summed E-state index contributed by atoms with van der Waals surface area (Å²) in [5, 5.41) is 0. The molecule has 0 aromatic carbocycles. The Labute approximate surface area is 77.1 Å². The van der Waals surface area contributed by atoms with Crippen LogP contribution in [-0.2, 0) is 0 Å². The van der Waals surface area contributed by atoms with Crippen LogP contribution >= 0.6 is 0 Å². The van der Waals surface area contributed by atoms with Gasteiger partial charge in [0.15, 0.2) is 0 Å². The Morgan fingerprint density at radius 3 is 2.67 bits per heavy atom. The van der Waals surface area contributed by atoms with E-state index < -0.39 is 8.07 Å². The summed E-state index contributed by atoms with van der Waals surface area (Å²) < 4.78 is 0. The molecule has 0 amide bonds. The maximum Gasteiger partial charge on any atom is 0.129 e. The molecular weight excluding hydrogens is 160 g/mol. The van der Waals surface area contributed by atoms with Gasteiger partial charge >= 0.3 is 0 Å². The lowest BCUT2D eigenvalue weighted by Gasteiger charge is -2.03. The van der Waals surface area contributed by atoms with E-state index in [-0.39, 0.29) is 0 Å². The summed E-state index contributed by atoms with van der Waals surface area (Å²) in [6.07, 6.45) is 7.94. The summed E-state index contributed by atoms with van der Waals surface area (Å²) in [6.45, 7) is 6.86. The Kier molecular flexibility index (Phi) is 3.17. The van der Waals surface area contributed by atoms with Crippen LogP contribution in [0.5, 0.6) is 0 Å². The molecule has 65 valence electrons. The average Bonchev–Trinajstić information content (AvgIpc) is 2.36. The van der Waals surface area contributed by atoms with Crippen molar-refractivity contribution in [1.29, 1.82) is 0 Å². The third-order valence-electron chi connectivity index (χ3n) is 1.76. The summed E-state index contributed by atoms with van der Waals surface area (Å²) in [7, 11) is -1.13. The Balaban J connectivity index is 2.37. The largest absolute Gasteiger partial charge is 0.132 e. The zero-order chi connectivity index (χ0) is 9.03. The molecule has 0 nitrogen and oxygen atoms in total. The highest BCUT2D eigenvalue weighted by Crippen LogP contribution is 2.18. The van der Waals surface area contributed by atoms with Gasteiger partial charge in [0.25, 0.3) is 0 Å². The van der Waals surface area contributed by atoms with Crippen LogP contribution in [-0.4, -0.2) is 8.07 Å². The minimum Gasteiger partial charge on any atom is -0.132 e. The number of rotatable bonds is 1. The van der Waals surface area contributed by atoms with E-state index in [1.807, 2.05) is 0 Å². The van der Waals surface area contributed by atoms with Gasteiger partial charge in [-0.3, -0.25) is 0 Å². The normalized spacial score (nSPS) is 16.8. The van der Waals surface area contributed by atoms with Crippen LogP contribution in [0.1, 0.15) is 19.3 Å². The molecule has 12 heavy (non-hydrogen) atoms. The molecule has 0 saturated heterocycles. The predicted octanol–water partition coefficient (Wildman–Crippen LogP) is 3.18. The number of hydrogen-bond donors (Lipinski definition) is 0. The molecule has 1 heteroatoms. The second-order valence-electron chi connectivity index (χ2n) is 4.32. The maximum atomic E-state index is 3.38. The van der Waals surface area contributed by atoms with Crippen molar-refractivity contribution in [3.63, 3.8) is 0 Å². The number of allylic oxidation sites excluding steroid dienone is 2. The Morgan fingerprint density at radius 2 is 2.17 bits per heavy atom. The fourth-order valence-electron chi connectivity index (χ4n) is 1.17. The van der Waals surface area contributed by atoms with Crippen molar-refractivity contribution in [3.8, 4) is 11.5 Å². The Bertz CT molecular complexity index is 232. The number of hydrogen-bond acceptors (Lipinski definition) is 0. The first-order valence-electron chi connectivity index (χ1n) is 4.57. The second kappa shape index (κ2) is 3.96. The van der Waals surface area contributed by atoms with Gasteiger partial charge in [0.05, 0.1) is 0 Å². The summed E-state index contributed by atoms with van der Waals surface area (Å²) in [6, 6.07) is 0. The van der Waals surface area contributed by atoms with Gasteiger partial charge in [-0.15, -0.1) is 11.5 Å². The van der Waals surface area contributed by atoms with Gasteiger partial charge < -0.3 is 0 Å². The topological polar surface area (TPSA) is 0 Å². The third-order valence-corrected chi connectivity index (χ3v) is 2.69. The van der Waals surface area contributed by atoms with E-state index >= 15 is 0 Å². The molecule has 1 rings (SSSR count). The van der Waals surface area contributed by atoms with E-state index in [9.17, 15) is 0 Å². The van der Waals surface area contributed by atoms with Gasteiger partial charge in [0.2, 0.25) is 0 Å². The zero-order valence-corrected chi connectivity index (χ0v) is 9.28. The van der Waals surface area contributed by atoms with Crippen molar-refractivity contribution in [3.05, 3.63) is 18.1 Å². The average molecular weight is 177 g/mol. The zero-order valence-electron chi connectivity index (χ0n) is 8.28. The SMILES string of the molecule is C[Si](C)(C)C#CCC1=CC[CH]C1. The first-order valence-corrected chi connectivity index (χ1v) is 8.07. The van der Waals surface area contributed by atoms with Gasteiger partial charge in [-0.2, -0.15) is 0 Å². The molecule has 1 aliphatic carbocycles. The molecule has 1 aliphatic rings. The summed E-state index contributed by atoms with van der Waals surface area (Å²) in [4.78, 5) is 0. The highest BCUT2D eigenvalue weighted by atomic mass is 28.3. The Hall–Kier alpha value is -0.483. The lowest BCUT2D eigenvalue weighted by atomic mass is 10.2. The van der Waals surface area contributed by atoms with Crippen molar-refractivity contribution >= 4 is 8.07 Å². The van der Waals surface area contributed by atoms with E-state index in [0.717, 1.165) is 12.8 Å². The lowest BCUT2D eigenvalue weighted by Crippen LogP contribution is -2.16. The van der Waals surface area contributed by atoms with Crippen molar-refractivity contribution in [2.24, 2.45) is 0 Å². The molecule has 0 aromatic rings. The van der Waals surface area contributed by atoms with E-state index in [1.165, 1.54) is 12.0 Å². The second-order valence-corrected chi connectivity index (χ2v) is 9.07. The lowest BCUT2D eigenvalue weighted by molar-refractivity contribution is 1.10. The van der Waals surface area contributed by atoms with E-state index in [4.69, 9.17) is 0 Å². The molecule has 0 aliphatic heterocycles. The fourth-order valence-corrected chi connectivity index (χ4v) is 1.79. The molecular formula is C11H17Si. The van der Waals surface area contributed by atoms with Gasteiger partial charge in [-0.1, -0.05) is 31.3 Å². The molecule has 0 aromatic heterocycles. The van der Waals surface area contributed by atoms with Gasteiger partial charge in [0.1, 0.15) is 8.07 Å². The van der Waals surface area contributed by atoms with Crippen LogP contribution < -0.4 is 0 Å². The van der Waals surface area contributed by atoms with Gasteiger partial charge in [0, 0.05) is 6.42 Å². The van der Waals surface area contributed by atoms with Crippen molar-refractivity contribution in [1.82, 2.24) is 0 Å². The first kappa shape index (κ1) is 9.60. The molecule has 1 radical (unpaired) electrons. The highest BCUT2D eigenvalue weighted by molar-refractivity contribution is 6.83. The molecule has 0 fully saturated rings. The minimum atomic E-state index is -1.13. The first-order chi connectivity index (χ1) is 5.58. The fraction of sp³-hybridized carbons (Fsp3) is 0.545. The maximum absolute atomic E-state index is 3.38. The highest BCUT2D eigenvalue weighted by Gasteiger charge is 2.07. The van der Waals surface area contributed by atoms with Crippen LogP contribution in [0.15, 0.2) is 11.6 Å². The standard InChI is InChI=1S/C11H17Si/c1-12(2,3)10-6-9-11-7-4-5-8-11/h4,8H,5,7,9H2,1-3H3. The molecule has 0 spiro atoms. The molecule has 0 atom stereocenters. The predicted molar refractivity (Wildman–Crippen MR) is 57.4 cm³/mol. The molecule has 0 bridgehead atoms. The summed E-state index contributed by atoms with van der Waals surface area (Å²) >= 11 is 0. The Morgan fingerprint density at radius 1 is 1.42 bits per heavy atom. The van der Waals surface area contributed by atoms with Gasteiger partial charge in [-0.25, -0.2) is 0 Å². The third kappa shape index (κ3) is 3.78. The minimum absolute atomic E-state index is 1.00. The molecule has 0 N–H and O–H groups in total. The van der Waals surface area contributed by atoms with E-state index in [2.05, 4.69) is 43.6 Å². The van der Waals surface area contributed by atoms with E-state index in [1.54, 1.807) is 0 Å². The smallest absolute Gasteiger partial charge is 0.129 e. The van der Waals surface area contributed by atoms with Crippen LogP contribution in [0.2, 0.25) is 19.6 Å².